The number of aromatic nitrogens is 2. The van der Waals surface area contributed by atoms with Gasteiger partial charge in [0.05, 0.1) is 0 Å². The van der Waals surface area contributed by atoms with Crippen molar-refractivity contribution >= 4 is 11.7 Å². The number of hydrogen-bond acceptors (Lipinski definition) is 3. The Labute approximate surface area is 109 Å². The third-order valence-corrected chi connectivity index (χ3v) is 2.58. The highest BCUT2D eigenvalue weighted by Gasteiger charge is 2.21. The highest BCUT2D eigenvalue weighted by Crippen LogP contribution is 2.12. The number of amides is 1. The van der Waals surface area contributed by atoms with Crippen LogP contribution >= 0.6 is 0 Å². The standard InChI is InChI=1S/C13H24N4O/c1-9(2)7-17(8-10(3)4)13(18)11-6-12(14)15-16(11)5/h6,9-10H,7-8H2,1-5H3,(H2,14,15). The Kier molecular flexibility index (Phi) is 4.76. The molecule has 0 aliphatic heterocycles. The van der Waals surface area contributed by atoms with Gasteiger partial charge in [-0.25, -0.2) is 0 Å². The van der Waals surface area contributed by atoms with Crippen molar-refractivity contribution in [2.24, 2.45) is 18.9 Å². The van der Waals surface area contributed by atoms with Gasteiger partial charge in [0.1, 0.15) is 11.5 Å². The van der Waals surface area contributed by atoms with Crippen LogP contribution in [-0.4, -0.2) is 33.7 Å². The summed E-state index contributed by atoms with van der Waals surface area (Å²) in [6, 6.07) is 1.63. The Morgan fingerprint density at radius 1 is 1.33 bits per heavy atom. The second kappa shape index (κ2) is 5.89. The largest absolute Gasteiger partial charge is 0.382 e. The third kappa shape index (κ3) is 3.75. The Morgan fingerprint density at radius 3 is 2.17 bits per heavy atom. The molecule has 0 unspecified atom stereocenters. The van der Waals surface area contributed by atoms with Crippen LogP contribution in [0.15, 0.2) is 6.07 Å². The fraction of sp³-hybridized carbons (Fsp3) is 0.692. The molecule has 0 atom stereocenters. The molecule has 0 radical (unpaired) electrons. The SMILES string of the molecule is CC(C)CN(CC(C)C)C(=O)c1cc(N)nn1C. The minimum Gasteiger partial charge on any atom is -0.382 e. The maximum atomic E-state index is 12.5. The molecule has 1 aromatic heterocycles. The first-order valence-electron chi connectivity index (χ1n) is 6.40. The summed E-state index contributed by atoms with van der Waals surface area (Å²) in [5.74, 6) is 1.27. The van der Waals surface area contributed by atoms with Crippen molar-refractivity contribution in [2.45, 2.75) is 27.7 Å². The number of nitrogens with two attached hydrogens (primary N) is 1. The van der Waals surface area contributed by atoms with Crippen molar-refractivity contribution in [1.82, 2.24) is 14.7 Å². The van der Waals surface area contributed by atoms with Crippen LogP contribution in [0.3, 0.4) is 0 Å². The summed E-state index contributed by atoms with van der Waals surface area (Å²) in [5, 5.41) is 4.02. The normalized spacial score (nSPS) is 11.3. The fourth-order valence-electron chi connectivity index (χ4n) is 1.97. The maximum absolute atomic E-state index is 12.5. The smallest absolute Gasteiger partial charge is 0.272 e. The minimum atomic E-state index is 0.00380. The molecule has 5 nitrogen and oxygen atoms in total. The van der Waals surface area contributed by atoms with Gasteiger partial charge in [0.25, 0.3) is 5.91 Å². The number of nitrogens with zero attached hydrogens (tertiary/aromatic N) is 3. The molecule has 102 valence electrons. The van der Waals surface area contributed by atoms with E-state index >= 15 is 0 Å². The van der Waals surface area contributed by atoms with E-state index in [1.807, 2.05) is 4.90 Å². The molecule has 0 aromatic carbocycles. The monoisotopic (exact) mass is 252 g/mol. The summed E-state index contributed by atoms with van der Waals surface area (Å²) in [6.45, 7) is 9.94. The van der Waals surface area contributed by atoms with E-state index in [1.165, 1.54) is 0 Å². The van der Waals surface area contributed by atoms with Crippen LogP contribution in [0.1, 0.15) is 38.2 Å². The van der Waals surface area contributed by atoms with Gasteiger partial charge in [0.2, 0.25) is 0 Å². The predicted molar refractivity (Wildman–Crippen MR) is 73.2 cm³/mol. The average molecular weight is 252 g/mol. The lowest BCUT2D eigenvalue weighted by molar-refractivity contribution is 0.0704. The average Bonchev–Trinajstić information content (AvgIpc) is 2.54. The van der Waals surface area contributed by atoms with E-state index in [2.05, 4.69) is 32.8 Å². The zero-order valence-corrected chi connectivity index (χ0v) is 12.0. The van der Waals surface area contributed by atoms with Crippen molar-refractivity contribution in [1.29, 1.82) is 0 Å². The van der Waals surface area contributed by atoms with Crippen molar-refractivity contribution in [3.63, 3.8) is 0 Å². The first kappa shape index (κ1) is 14.5. The van der Waals surface area contributed by atoms with Crippen LogP contribution in [0, 0.1) is 11.8 Å². The predicted octanol–water partition coefficient (Wildman–Crippen LogP) is 1.76. The first-order chi connectivity index (χ1) is 8.31. The van der Waals surface area contributed by atoms with Crippen LogP contribution in [0.2, 0.25) is 0 Å². The van der Waals surface area contributed by atoms with E-state index in [0.29, 0.717) is 23.3 Å². The molecule has 1 heterocycles. The van der Waals surface area contributed by atoms with Crippen LogP contribution in [0.25, 0.3) is 0 Å². The lowest BCUT2D eigenvalue weighted by Crippen LogP contribution is -2.37. The van der Waals surface area contributed by atoms with Gasteiger partial charge in [0.15, 0.2) is 0 Å². The van der Waals surface area contributed by atoms with Gasteiger partial charge in [-0.1, -0.05) is 27.7 Å². The Bertz CT molecular complexity index is 399. The molecule has 18 heavy (non-hydrogen) atoms. The summed E-state index contributed by atoms with van der Waals surface area (Å²) in [4.78, 5) is 14.3. The van der Waals surface area contributed by atoms with Crippen molar-refractivity contribution in [3.8, 4) is 0 Å². The zero-order valence-electron chi connectivity index (χ0n) is 12.0. The zero-order chi connectivity index (χ0) is 13.9. The van der Waals surface area contributed by atoms with E-state index in [-0.39, 0.29) is 5.91 Å². The second-order valence-corrected chi connectivity index (χ2v) is 5.58. The molecule has 0 bridgehead atoms. The quantitative estimate of drug-likeness (QED) is 0.868. The number of carbonyl (C=O) groups excluding carboxylic acids is 1. The molecule has 0 spiro atoms. The first-order valence-corrected chi connectivity index (χ1v) is 6.40. The van der Waals surface area contributed by atoms with Gasteiger partial charge in [-0.3, -0.25) is 9.48 Å². The molecule has 0 aliphatic carbocycles. The molecule has 1 aromatic rings. The van der Waals surface area contributed by atoms with E-state index in [9.17, 15) is 4.79 Å². The van der Waals surface area contributed by atoms with Gasteiger partial charge >= 0.3 is 0 Å². The van der Waals surface area contributed by atoms with Gasteiger partial charge in [0, 0.05) is 26.2 Å². The van der Waals surface area contributed by atoms with Gasteiger partial charge in [-0.15, -0.1) is 0 Å². The summed E-state index contributed by atoms with van der Waals surface area (Å²) < 4.78 is 1.55. The summed E-state index contributed by atoms with van der Waals surface area (Å²) >= 11 is 0. The maximum Gasteiger partial charge on any atom is 0.272 e. The topological polar surface area (TPSA) is 64.2 Å². The number of anilines is 1. The minimum absolute atomic E-state index is 0.00380. The van der Waals surface area contributed by atoms with E-state index < -0.39 is 0 Å². The van der Waals surface area contributed by atoms with Gasteiger partial charge in [-0.2, -0.15) is 5.10 Å². The van der Waals surface area contributed by atoms with Crippen LogP contribution in [-0.2, 0) is 7.05 Å². The Hall–Kier alpha value is -1.52. The molecular formula is C13H24N4O. The van der Waals surface area contributed by atoms with E-state index in [0.717, 1.165) is 13.1 Å². The number of rotatable bonds is 5. The number of carbonyl (C=O) groups is 1. The number of hydrogen-bond donors (Lipinski definition) is 1. The molecular weight excluding hydrogens is 228 g/mol. The number of aryl methyl sites for hydroxylation is 1. The van der Waals surface area contributed by atoms with E-state index in [1.54, 1.807) is 17.8 Å². The van der Waals surface area contributed by atoms with Gasteiger partial charge < -0.3 is 10.6 Å². The molecule has 1 rings (SSSR count). The highest BCUT2D eigenvalue weighted by molar-refractivity contribution is 5.93. The lowest BCUT2D eigenvalue weighted by Gasteiger charge is -2.26. The molecule has 5 heteroatoms. The van der Waals surface area contributed by atoms with E-state index in [4.69, 9.17) is 5.73 Å². The highest BCUT2D eigenvalue weighted by atomic mass is 16.2. The molecule has 0 saturated carbocycles. The number of nitrogen functional groups attached to an aromatic ring is 1. The van der Waals surface area contributed by atoms with Crippen LogP contribution < -0.4 is 5.73 Å². The molecule has 0 saturated heterocycles. The Morgan fingerprint density at radius 2 is 1.83 bits per heavy atom. The van der Waals surface area contributed by atoms with Gasteiger partial charge in [-0.05, 0) is 11.8 Å². The molecule has 0 aliphatic rings. The summed E-state index contributed by atoms with van der Waals surface area (Å²) in [5.41, 5.74) is 6.17. The van der Waals surface area contributed by atoms with Crippen LogP contribution in [0.5, 0.6) is 0 Å². The van der Waals surface area contributed by atoms with Crippen LogP contribution in [0.4, 0.5) is 5.82 Å². The molecule has 1 amide bonds. The third-order valence-electron chi connectivity index (χ3n) is 2.58. The van der Waals surface area contributed by atoms with Crippen molar-refractivity contribution in [3.05, 3.63) is 11.8 Å². The van der Waals surface area contributed by atoms with Crippen molar-refractivity contribution in [2.75, 3.05) is 18.8 Å². The summed E-state index contributed by atoms with van der Waals surface area (Å²) in [7, 11) is 1.74. The second-order valence-electron chi connectivity index (χ2n) is 5.58. The summed E-state index contributed by atoms with van der Waals surface area (Å²) in [6.07, 6.45) is 0. The Balaban J connectivity index is 2.91. The molecule has 2 N–H and O–H groups in total. The lowest BCUT2D eigenvalue weighted by atomic mass is 10.1. The van der Waals surface area contributed by atoms with Crippen molar-refractivity contribution < 1.29 is 4.79 Å². The molecule has 0 fully saturated rings. The fourth-order valence-corrected chi connectivity index (χ4v) is 1.97.